The Labute approximate surface area is 259 Å². The van der Waals surface area contributed by atoms with Crippen LogP contribution in [0.25, 0.3) is 0 Å². The SMILES string of the molecule is C=C(C)/C(C)=C(/C=C(\C)C1=CCCCC1)N(C(=C)C1CCCCC1)C1CCC(C)CC1.C=CC.C=CC.CC.CC. The first-order chi connectivity index (χ1) is 19.7. The number of allylic oxidation sites excluding steroid dienone is 9. The van der Waals surface area contributed by atoms with Crippen LogP contribution in [-0.4, -0.2) is 10.9 Å². The molecular formula is C40H71N. The van der Waals surface area contributed by atoms with Gasteiger partial charge in [0.25, 0.3) is 0 Å². The molecule has 0 radical (unpaired) electrons. The lowest BCUT2D eigenvalue weighted by Gasteiger charge is -2.43. The zero-order valence-corrected chi connectivity index (χ0v) is 29.5. The Kier molecular flexibility index (Phi) is 25.7. The minimum absolute atomic E-state index is 0.583. The van der Waals surface area contributed by atoms with Gasteiger partial charge in [0.2, 0.25) is 0 Å². The first-order valence-corrected chi connectivity index (χ1v) is 17.1. The fraction of sp³-hybridized carbons (Fsp3) is 0.650. The maximum atomic E-state index is 4.77. The van der Waals surface area contributed by atoms with Gasteiger partial charge >= 0.3 is 0 Å². The minimum Gasteiger partial charge on any atom is -0.342 e. The van der Waals surface area contributed by atoms with Crippen molar-refractivity contribution in [3.8, 4) is 0 Å². The standard InChI is InChI=1S/C30H47N.2C3H6.2C2H6/c1-22(2)25(5)30(21-24(4)27-13-9-7-10-14-27)31(29-19-17-23(3)18-20-29)26(6)28-15-11-8-12-16-28;2*1-3-2;2*1-2/h13,21,23,28-29H,1,6-12,14-20H2,2-5H3;2*3H,1H2,2H3;2*1-2H3/b24-21+,30-25-;;;;. The number of hydrogen-bond donors (Lipinski definition) is 0. The van der Waals surface area contributed by atoms with Gasteiger partial charge in [-0.05, 0) is 133 Å². The number of hydrogen-bond acceptors (Lipinski definition) is 1. The second-order valence-corrected chi connectivity index (χ2v) is 11.5. The normalized spacial score (nSPS) is 21.1. The van der Waals surface area contributed by atoms with E-state index in [1.165, 1.54) is 112 Å². The average molecular weight is 566 g/mol. The van der Waals surface area contributed by atoms with E-state index in [1.54, 1.807) is 17.7 Å². The van der Waals surface area contributed by atoms with Crippen LogP contribution in [0.2, 0.25) is 0 Å². The van der Waals surface area contributed by atoms with Crippen LogP contribution in [0.15, 0.2) is 84.3 Å². The van der Waals surface area contributed by atoms with E-state index in [2.05, 4.69) is 64.5 Å². The molecule has 0 saturated heterocycles. The Morgan fingerprint density at radius 1 is 0.780 bits per heavy atom. The lowest BCUT2D eigenvalue weighted by Crippen LogP contribution is -2.39. The minimum atomic E-state index is 0.583. The molecule has 2 fully saturated rings. The quantitative estimate of drug-likeness (QED) is 0.219. The third-order valence-electron chi connectivity index (χ3n) is 8.17. The lowest BCUT2D eigenvalue weighted by atomic mass is 9.82. The van der Waals surface area contributed by atoms with Crippen LogP contribution in [0.1, 0.15) is 153 Å². The maximum Gasteiger partial charge on any atom is 0.0445 e. The van der Waals surface area contributed by atoms with Crippen LogP contribution >= 0.6 is 0 Å². The summed E-state index contributed by atoms with van der Waals surface area (Å²) >= 11 is 0. The van der Waals surface area contributed by atoms with Crippen LogP contribution < -0.4 is 0 Å². The van der Waals surface area contributed by atoms with Crippen molar-refractivity contribution in [2.45, 2.75) is 159 Å². The van der Waals surface area contributed by atoms with Crippen molar-refractivity contribution in [2.24, 2.45) is 11.8 Å². The van der Waals surface area contributed by atoms with Gasteiger partial charge in [0, 0.05) is 17.4 Å². The monoisotopic (exact) mass is 566 g/mol. The van der Waals surface area contributed by atoms with Crippen LogP contribution in [-0.2, 0) is 0 Å². The molecule has 1 nitrogen and oxygen atoms in total. The van der Waals surface area contributed by atoms with Crippen LogP contribution in [0, 0.1) is 11.8 Å². The highest BCUT2D eigenvalue weighted by Gasteiger charge is 2.31. The molecule has 0 aromatic heterocycles. The molecule has 0 atom stereocenters. The predicted octanol–water partition coefficient (Wildman–Crippen LogP) is 13.7. The van der Waals surface area contributed by atoms with Gasteiger partial charge in [-0.2, -0.15) is 0 Å². The van der Waals surface area contributed by atoms with Gasteiger partial charge in [-0.25, -0.2) is 0 Å². The Balaban J connectivity index is 0. The summed E-state index contributed by atoms with van der Waals surface area (Å²) in [5.74, 6) is 1.50. The highest BCUT2D eigenvalue weighted by molar-refractivity contribution is 5.43. The summed E-state index contributed by atoms with van der Waals surface area (Å²) in [6.45, 7) is 36.8. The molecule has 0 heterocycles. The van der Waals surface area contributed by atoms with Gasteiger partial charge in [-0.3, -0.25) is 0 Å². The molecule has 0 N–H and O–H groups in total. The molecule has 0 amide bonds. The Hall–Kier alpha value is -2.02. The van der Waals surface area contributed by atoms with Gasteiger partial charge < -0.3 is 4.90 Å². The first-order valence-electron chi connectivity index (χ1n) is 17.1. The Morgan fingerprint density at radius 2 is 1.29 bits per heavy atom. The molecule has 0 aromatic rings. The topological polar surface area (TPSA) is 3.24 Å². The second kappa shape index (κ2) is 25.7. The van der Waals surface area contributed by atoms with E-state index in [4.69, 9.17) is 6.58 Å². The third kappa shape index (κ3) is 15.7. The van der Waals surface area contributed by atoms with Crippen molar-refractivity contribution in [3.63, 3.8) is 0 Å². The molecule has 3 aliphatic carbocycles. The van der Waals surface area contributed by atoms with E-state index >= 15 is 0 Å². The van der Waals surface area contributed by atoms with Crippen molar-refractivity contribution < 1.29 is 0 Å². The molecule has 41 heavy (non-hydrogen) atoms. The molecule has 0 aliphatic heterocycles. The van der Waals surface area contributed by atoms with E-state index in [-0.39, 0.29) is 0 Å². The fourth-order valence-corrected chi connectivity index (χ4v) is 5.79. The predicted molar refractivity (Wildman–Crippen MR) is 191 cm³/mol. The molecule has 0 bridgehead atoms. The van der Waals surface area contributed by atoms with Gasteiger partial charge in [-0.1, -0.05) is 90.8 Å². The van der Waals surface area contributed by atoms with Gasteiger partial charge in [0.15, 0.2) is 0 Å². The van der Waals surface area contributed by atoms with Crippen molar-refractivity contribution in [1.82, 2.24) is 4.90 Å². The van der Waals surface area contributed by atoms with E-state index in [0.29, 0.717) is 12.0 Å². The zero-order valence-electron chi connectivity index (χ0n) is 29.5. The van der Waals surface area contributed by atoms with E-state index < -0.39 is 0 Å². The smallest absolute Gasteiger partial charge is 0.0445 e. The molecule has 236 valence electrons. The molecule has 0 unspecified atom stereocenters. The summed E-state index contributed by atoms with van der Waals surface area (Å²) < 4.78 is 0. The van der Waals surface area contributed by atoms with Crippen LogP contribution in [0.3, 0.4) is 0 Å². The van der Waals surface area contributed by atoms with Gasteiger partial charge in [-0.15, -0.1) is 13.2 Å². The largest absolute Gasteiger partial charge is 0.342 e. The fourth-order valence-electron chi connectivity index (χ4n) is 5.79. The Bertz CT molecular complexity index is 813. The first kappa shape index (κ1) is 41.1. The second-order valence-electron chi connectivity index (χ2n) is 11.5. The summed E-state index contributed by atoms with van der Waals surface area (Å²) in [6, 6.07) is 0.583. The van der Waals surface area contributed by atoms with Crippen molar-refractivity contribution in [1.29, 1.82) is 0 Å². The number of nitrogens with zero attached hydrogens (tertiary/aromatic N) is 1. The average Bonchev–Trinajstić information content (AvgIpc) is 3.01. The molecule has 1 heteroatoms. The van der Waals surface area contributed by atoms with Gasteiger partial charge in [0.1, 0.15) is 0 Å². The van der Waals surface area contributed by atoms with Crippen LogP contribution in [0.4, 0.5) is 0 Å². The Morgan fingerprint density at radius 3 is 1.73 bits per heavy atom. The third-order valence-corrected chi connectivity index (χ3v) is 8.17. The maximum absolute atomic E-state index is 4.77. The molecule has 3 aliphatic rings. The highest BCUT2D eigenvalue weighted by atomic mass is 15.2. The van der Waals surface area contributed by atoms with Crippen molar-refractivity contribution in [2.75, 3.05) is 0 Å². The summed E-state index contributed by atoms with van der Waals surface area (Å²) in [4.78, 5) is 2.71. The summed E-state index contributed by atoms with van der Waals surface area (Å²) in [5, 5.41) is 0. The molecule has 0 spiro atoms. The van der Waals surface area contributed by atoms with Crippen molar-refractivity contribution >= 4 is 0 Å². The van der Waals surface area contributed by atoms with Crippen molar-refractivity contribution in [3.05, 3.63) is 84.3 Å². The zero-order chi connectivity index (χ0) is 31.8. The summed E-state index contributed by atoms with van der Waals surface area (Å²) in [7, 11) is 0. The molecular weight excluding hydrogens is 494 g/mol. The summed E-state index contributed by atoms with van der Waals surface area (Å²) in [6.07, 6.45) is 25.6. The number of rotatable bonds is 7. The highest BCUT2D eigenvalue weighted by Crippen LogP contribution is 2.40. The molecule has 2 saturated carbocycles. The lowest BCUT2D eigenvalue weighted by molar-refractivity contribution is 0.191. The van der Waals surface area contributed by atoms with Gasteiger partial charge in [0.05, 0.1) is 0 Å². The van der Waals surface area contributed by atoms with Crippen LogP contribution in [0.5, 0.6) is 0 Å². The van der Waals surface area contributed by atoms with E-state index in [9.17, 15) is 0 Å². The van der Waals surface area contributed by atoms with E-state index in [0.717, 1.165) is 5.92 Å². The van der Waals surface area contributed by atoms with E-state index in [1.807, 2.05) is 41.5 Å². The summed E-state index contributed by atoms with van der Waals surface area (Å²) in [5.41, 5.74) is 8.29. The molecule has 0 aromatic carbocycles. The molecule has 3 rings (SSSR count).